The molecule has 31 heavy (non-hydrogen) atoms. The number of aromatic hydroxyl groups is 1. The molecule has 1 aromatic rings. The van der Waals surface area contributed by atoms with Gasteiger partial charge >= 0.3 is 17.9 Å². The van der Waals surface area contributed by atoms with Crippen LogP contribution in [0, 0.1) is 0 Å². The van der Waals surface area contributed by atoms with Crippen molar-refractivity contribution in [1.82, 2.24) is 0 Å². The number of phenols is 1. The maximum absolute atomic E-state index is 10.4. The molecule has 0 saturated carbocycles. The van der Waals surface area contributed by atoms with Crippen molar-refractivity contribution < 1.29 is 44.7 Å². The number of carboxylic acids is 3. The number of aliphatic hydroxyl groups excluding tert-OH is 1. The van der Waals surface area contributed by atoms with Crippen molar-refractivity contribution in [2.24, 2.45) is 22.9 Å². The molecule has 0 aliphatic rings. The van der Waals surface area contributed by atoms with Crippen molar-refractivity contribution >= 4 is 23.8 Å². The number of primary amides is 1. The first-order valence-corrected chi connectivity index (χ1v) is 8.88. The molecule has 1 amide bonds. The molecule has 13 N–H and O–H groups in total. The second-order valence-electron chi connectivity index (χ2n) is 6.37. The van der Waals surface area contributed by atoms with E-state index in [9.17, 15) is 19.2 Å². The predicted octanol–water partition coefficient (Wildman–Crippen LogP) is -2.21. The fourth-order valence-electron chi connectivity index (χ4n) is 1.60. The molecule has 0 heterocycles. The quantitative estimate of drug-likeness (QED) is 0.195. The molecule has 0 aromatic heterocycles. The second-order valence-corrected chi connectivity index (χ2v) is 6.37. The van der Waals surface area contributed by atoms with Gasteiger partial charge in [0.1, 0.15) is 23.9 Å². The summed E-state index contributed by atoms with van der Waals surface area (Å²) in [6, 6.07) is 3.29. The monoisotopic (exact) mass is 446 g/mol. The summed E-state index contributed by atoms with van der Waals surface area (Å²) in [5.74, 6) is -3.68. The summed E-state index contributed by atoms with van der Waals surface area (Å²) >= 11 is 0. The van der Waals surface area contributed by atoms with Crippen LogP contribution >= 0.6 is 0 Å². The number of carbonyl (C=O) groups excluding carboxylic acids is 1. The van der Waals surface area contributed by atoms with Crippen molar-refractivity contribution in [3.05, 3.63) is 29.8 Å². The van der Waals surface area contributed by atoms with Crippen molar-refractivity contribution in [2.45, 2.75) is 50.4 Å². The Morgan fingerprint density at radius 3 is 1.61 bits per heavy atom. The average Bonchev–Trinajstić information content (AvgIpc) is 2.67. The van der Waals surface area contributed by atoms with Gasteiger partial charge in [0, 0.05) is 6.42 Å². The highest BCUT2D eigenvalue weighted by Crippen LogP contribution is 2.10. The molecule has 13 heteroatoms. The van der Waals surface area contributed by atoms with Crippen LogP contribution in [0.2, 0.25) is 0 Å². The summed E-state index contributed by atoms with van der Waals surface area (Å²) in [6.07, 6.45) is -0.583. The van der Waals surface area contributed by atoms with Gasteiger partial charge in [-0.1, -0.05) is 12.1 Å². The van der Waals surface area contributed by atoms with Gasteiger partial charge in [-0.25, -0.2) is 0 Å². The summed E-state index contributed by atoms with van der Waals surface area (Å²) in [4.78, 5) is 40.4. The third kappa shape index (κ3) is 16.2. The molecule has 4 unspecified atom stereocenters. The topological polar surface area (TPSA) is 274 Å². The van der Waals surface area contributed by atoms with E-state index in [0.717, 1.165) is 5.56 Å². The maximum atomic E-state index is 10.4. The smallest absolute Gasteiger partial charge is 0.323 e. The van der Waals surface area contributed by atoms with Gasteiger partial charge < -0.3 is 48.5 Å². The fourth-order valence-corrected chi connectivity index (χ4v) is 1.60. The standard InChI is InChI=1S/C9H11NO3.C5H10N2O3.C4H9NO3/c10-8(9(12)13)5-6-1-3-7(11)4-2-6;6-3(5(9)10)1-2-4(7)8;1-2(6)3(5)4(7)8/h1-4,8,11H,5,10H2,(H,12,13);3H,1-2,6H2,(H2,7,8)(H,9,10);2-3,6H,5H2,1H3,(H,7,8). The minimum Gasteiger partial charge on any atom is -0.508 e. The normalized spacial score (nSPS) is 13.7. The van der Waals surface area contributed by atoms with Crippen LogP contribution in [0.4, 0.5) is 0 Å². The zero-order chi connectivity index (χ0) is 24.7. The first-order chi connectivity index (χ1) is 14.2. The number of carbonyl (C=O) groups is 4. The minimum atomic E-state index is -1.18. The van der Waals surface area contributed by atoms with Gasteiger partial charge in [0.15, 0.2) is 0 Å². The highest BCUT2D eigenvalue weighted by molar-refractivity contribution is 5.77. The van der Waals surface area contributed by atoms with Crippen LogP contribution in [0.15, 0.2) is 24.3 Å². The molecular weight excluding hydrogens is 416 g/mol. The summed E-state index contributed by atoms with van der Waals surface area (Å²) in [6.45, 7) is 1.33. The Bertz CT molecular complexity index is 710. The lowest BCUT2D eigenvalue weighted by Gasteiger charge is -2.06. The van der Waals surface area contributed by atoms with E-state index in [1.54, 1.807) is 12.1 Å². The Hall–Kier alpha value is -3.26. The molecule has 4 atom stereocenters. The summed E-state index contributed by atoms with van der Waals surface area (Å²) in [5.41, 5.74) is 20.8. The number of hydrogen-bond donors (Lipinski definition) is 9. The molecule has 1 aromatic carbocycles. The van der Waals surface area contributed by atoms with Gasteiger partial charge in [-0.15, -0.1) is 0 Å². The number of phenolic OH excluding ortho intramolecular Hbond substituents is 1. The van der Waals surface area contributed by atoms with Crippen LogP contribution in [0.3, 0.4) is 0 Å². The maximum Gasteiger partial charge on any atom is 0.323 e. The van der Waals surface area contributed by atoms with E-state index in [2.05, 4.69) is 0 Å². The molecule has 0 aliphatic heterocycles. The van der Waals surface area contributed by atoms with Crippen LogP contribution in [0.5, 0.6) is 5.75 Å². The fraction of sp³-hybridized carbons (Fsp3) is 0.444. The first kappa shape index (κ1) is 29.9. The molecule has 0 spiro atoms. The van der Waals surface area contributed by atoms with E-state index in [1.807, 2.05) is 0 Å². The van der Waals surface area contributed by atoms with Crippen LogP contribution in [-0.2, 0) is 25.6 Å². The second kappa shape index (κ2) is 15.6. The van der Waals surface area contributed by atoms with Gasteiger partial charge in [-0.3, -0.25) is 19.2 Å². The Labute approximate surface area is 178 Å². The van der Waals surface area contributed by atoms with Crippen molar-refractivity contribution in [2.75, 3.05) is 0 Å². The van der Waals surface area contributed by atoms with E-state index in [-0.39, 0.29) is 25.0 Å². The van der Waals surface area contributed by atoms with E-state index < -0.39 is 48.0 Å². The number of hydrogen-bond acceptors (Lipinski definition) is 9. The van der Waals surface area contributed by atoms with Crippen LogP contribution in [-0.4, -0.2) is 73.6 Å². The summed E-state index contributed by atoms with van der Waals surface area (Å²) in [5, 5.41) is 42.2. The molecule has 1 rings (SSSR count). The summed E-state index contributed by atoms with van der Waals surface area (Å²) < 4.78 is 0. The Kier molecular flexibility index (Phi) is 15.0. The molecular formula is C18H30N4O9. The molecule has 176 valence electrons. The zero-order valence-corrected chi connectivity index (χ0v) is 16.9. The van der Waals surface area contributed by atoms with Gasteiger partial charge in [-0.05, 0) is 37.5 Å². The number of benzene rings is 1. The minimum absolute atomic E-state index is 0.0213. The molecule has 0 fully saturated rings. The number of amides is 1. The molecule has 0 saturated heterocycles. The Morgan fingerprint density at radius 2 is 1.32 bits per heavy atom. The highest BCUT2D eigenvalue weighted by Gasteiger charge is 2.16. The number of aliphatic carboxylic acids is 3. The van der Waals surface area contributed by atoms with Crippen molar-refractivity contribution in [3.63, 3.8) is 0 Å². The molecule has 0 aliphatic carbocycles. The molecule has 0 radical (unpaired) electrons. The lowest BCUT2D eigenvalue weighted by Crippen LogP contribution is -2.39. The molecule has 0 bridgehead atoms. The number of nitrogens with two attached hydrogens (primary N) is 4. The largest absolute Gasteiger partial charge is 0.508 e. The van der Waals surface area contributed by atoms with Gasteiger partial charge in [0.05, 0.1) is 6.10 Å². The van der Waals surface area contributed by atoms with Crippen molar-refractivity contribution in [3.8, 4) is 5.75 Å². The Balaban J connectivity index is 0. The van der Waals surface area contributed by atoms with E-state index in [0.29, 0.717) is 0 Å². The number of carboxylic acid groups (broad SMARTS) is 3. The zero-order valence-electron chi connectivity index (χ0n) is 16.9. The van der Waals surface area contributed by atoms with Crippen LogP contribution < -0.4 is 22.9 Å². The van der Waals surface area contributed by atoms with Crippen LogP contribution in [0.1, 0.15) is 25.3 Å². The molecule has 13 nitrogen and oxygen atoms in total. The SMILES string of the molecule is CC(O)C(N)C(=O)O.NC(=O)CCC(N)C(=O)O.NC(Cc1ccc(O)cc1)C(=O)O. The third-order valence-corrected chi connectivity index (χ3v) is 3.53. The predicted molar refractivity (Wildman–Crippen MR) is 109 cm³/mol. The van der Waals surface area contributed by atoms with Crippen molar-refractivity contribution in [1.29, 1.82) is 0 Å². The van der Waals surface area contributed by atoms with E-state index in [1.165, 1.54) is 19.1 Å². The lowest BCUT2D eigenvalue weighted by molar-refractivity contribution is -0.141. The number of rotatable bonds is 9. The first-order valence-electron chi connectivity index (χ1n) is 8.88. The average molecular weight is 446 g/mol. The third-order valence-electron chi connectivity index (χ3n) is 3.53. The van der Waals surface area contributed by atoms with Gasteiger partial charge in [0.25, 0.3) is 0 Å². The summed E-state index contributed by atoms with van der Waals surface area (Å²) in [7, 11) is 0. The van der Waals surface area contributed by atoms with Gasteiger partial charge in [0.2, 0.25) is 5.91 Å². The van der Waals surface area contributed by atoms with E-state index in [4.69, 9.17) is 48.5 Å². The highest BCUT2D eigenvalue weighted by atomic mass is 16.4. The lowest BCUT2D eigenvalue weighted by atomic mass is 10.1. The Morgan fingerprint density at radius 1 is 0.871 bits per heavy atom. The number of aliphatic hydroxyl groups is 1. The van der Waals surface area contributed by atoms with E-state index >= 15 is 0 Å². The van der Waals surface area contributed by atoms with Gasteiger partial charge in [-0.2, -0.15) is 0 Å². The van der Waals surface area contributed by atoms with Crippen LogP contribution in [0.25, 0.3) is 0 Å².